The Kier molecular flexibility index (Phi) is 5.66. The van der Waals surface area contributed by atoms with E-state index in [2.05, 4.69) is 28.1 Å². The first-order chi connectivity index (χ1) is 9.64. The fourth-order valence-corrected chi connectivity index (χ4v) is 3.62. The van der Waals surface area contributed by atoms with Gasteiger partial charge in [-0.25, -0.2) is 0 Å². The van der Waals surface area contributed by atoms with E-state index in [1.54, 1.807) is 11.8 Å². The van der Waals surface area contributed by atoms with E-state index in [4.69, 9.17) is 5.73 Å². The molecule has 2 rings (SSSR count). The number of nitrogens with two attached hydrogens (primary N) is 1. The van der Waals surface area contributed by atoms with Gasteiger partial charge < -0.3 is 10.8 Å². The summed E-state index contributed by atoms with van der Waals surface area (Å²) in [6.45, 7) is 0.232. The van der Waals surface area contributed by atoms with E-state index < -0.39 is 5.60 Å². The van der Waals surface area contributed by atoms with Crippen molar-refractivity contribution in [1.82, 2.24) is 0 Å². The molecule has 0 saturated heterocycles. The van der Waals surface area contributed by atoms with Gasteiger partial charge in [0.25, 0.3) is 0 Å². The van der Waals surface area contributed by atoms with Crippen molar-refractivity contribution in [3.8, 4) is 0 Å². The predicted molar refractivity (Wildman–Crippen MR) is 88.9 cm³/mol. The molecule has 0 amide bonds. The number of aliphatic hydroxyl groups is 1. The zero-order chi connectivity index (χ0) is 14.4. The fourth-order valence-electron chi connectivity index (χ4n) is 2.01. The number of hydrogen-bond acceptors (Lipinski definition) is 3. The molecule has 0 aliphatic heterocycles. The average molecular weight is 352 g/mol. The minimum absolute atomic E-state index is 0.232. The van der Waals surface area contributed by atoms with Crippen molar-refractivity contribution < 1.29 is 5.11 Å². The summed E-state index contributed by atoms with van der Waals surface area (Å²) >= 11 is 5.19. The van der Waals surface area contributed by atoms with Gasteiger partial charge in [-0.3, -0.25) is 0 Å². The zero-order valence-corrected chi connectivity index (χ0v) is 13.5. The fraction of sp³-hybridized carbons (Fsp3) is 0.250. The second kappa shape index (κ2) is 7.27. The molecule has 0 aliphatic carbocycles. The van der Waals surface area contributed by atoms with E-state index in [0.717, 1.165) is 15.8 Å². The summed E-state index contributed by atoms with van der Waals surface area (Å²) in [5.74, 6) is 0.818. The van der Waals surface area contributed by atoms with Crippen LogP contribution in [0.2, 0.25) is 0 Å². The molecule has 2 nitrogen and oxygen atoms in total. The average Bonchev–Trinajstić information content (AvgIpc) is 2.48. The van der Waals surface area contributed by atoms with Crippen LogP contribution in [-0.4, -0.2) is 17.4 Å². The minimum Gasteiger partial charge on any atom is -0.384 e. The molecule has 0 aromatic heterocycles. The standard InChI is InChI=1S/C16H18BrNOS/c17-14-7-4-8-15(11-14)20-10-9-16(19,12-18)13-5-2-1-3-6-13/h1-8,11,19H,9-10,12,18H2. The summed E-state index contributed by atoms with van der Waals surface area (Å²) in [5, 5.41) is 10.7. The molecule has 1 unspecified atom stereocenters. The number of rotatable bonds is 6. The molecule has 20 heavy (non-hydrogen) atoms. The highest BCUT2D eigenvalue weighted by atomic mass is 79.9. The van der Waals surface area contributed by atoms with Crippen molar-refractivity contribution in [2.45, 2.75) is 16.9 Å². The Morgan fingerprint density at radius 3 is 2.50 bits per heavy atom. The molecule has 0 aliphatic rings. The van der Waals surface area contributed by atoms with Crippen molar-refractivity contribution in [3.63, 3.8) is 0 Å². The smallest absolute Gasteiger partial charge is 0.103 e. The Hall–Kier alpha value is -0.810. The van der Waals surface area contributed by atoms with Crippen molar-refractivity contribution in [2.24, 2.45) is 5.73 Å². The van der Waals surface area contributed by atoms with Crippen LogP contribution in [-0.2, 0) is 5.60 Å². The second-order valence-electron chi connectivity index (χ2n) is 4.66. The molecule has 106 valence electrons. The molecule has 4 heteroatoms. The van der Waals surface area contributed by atoms with E-state index in [0.29, 0.717) is 6.42 Å². The van der Waals surface area contributed by atoms with Gasteiger partial charge in [-0.15, -0.1) is 11.8 Å². The highest BCUT2D eigenvalue weighted by molar-refractivity contribution is 9.10. The molecule has 0 spiro atoms. The zero-order valence-electron chi connectivity index (χ0n) is 11.1. The third kappa shape index (κ3) is 4.09. The molecule has 0 fully saturated rings. The van der Waals surface area contributed by atoms with Gasteiger partial charge in [0.15, 0.2) is 0 Å². The highest BCUT2D eigenvalue weighted by Gasteiger charge is 2.26. The monoisotopic (exact) mass is 351 g/mol. The van der Waals surface area contributed by atoms with Crippen LogP contribution in [0, 0.1) is 0 Å². The van der Waals surface area contributed by atoms with Gasteiger partial charge in [0.05, 0.1) is 0 Å². The first-order valence-corrected chi connectivity index (χ1v) is 8.28. The maximum Gasteiger partial charge on any atom is 0.103 e. The lowest BCUT2D eigenvalue weighted by Crippen LogP contribution is -2.35. The maximum absolute atomic E-state index is 10.7. The van der Waals surface area contributed by atoms with Crippen molar-refractivity contribution >= 4 is 27.7 Å². The summed E-state index contributed by atoms with van der Waals surface area (Å²) in [6.07, 6.45) is 0.630. The van der Waals surface area contributed by atoms with Gasteiger partial charge in [0.2, 0.25) is 0 Å². The topological polar surface area (TPSA) is 46.2 Å². The number of halogens is 1. The van der Waals surface area contributed by atoms with Crippen LogP contribution >= 0.6 is 27.7 Å². The molecule has 2 aromatic carbocycles. The number of benzene rings is 2. The third-order valence-electron chi connectivity index (χ3n) is 3.23. The molecular formula is C16H18BrNOS. The maximum atomic E-state index is 10.7. The SMILES string of the molecule is NCC(O)(CCSc1cccc(Br)c1)c1ccccc1. The lowest BCUT2D eigenvalue weighted by Gasteiger charge is -2.27. The Morgan fingerprint density at radius 2 is 1.85 bits per heavy atom. The molecular weight excluding hydrogens is 334 g/mol. The number of hydrogen-bond donors (Lipinski definition) is 2. The van der Waals surface area contributed by atoms with Crippen LogP contribution < -0.4 is 5.73 Å². The van der Waals surface area contributed by atoms with Crippen LogP contribution in [0.4, 0.5) is 0 Å². The molecule has 0 saturated carbocycles. The largest absolute Gasteiger partial charge is 0.384 e. The lowest BCUT2D eigenvalue weighted by atomic mass is 9.91. The van der Waals surface area contributed by atoms with Crippen LogP contribution in [0.5, 0.6) is 0 Å². The normalized spacial score (nSPS) is 13.9. The summed E-state index contributed by atoms with van der Waals surface area (Å²) in [7, 11) is 0. The summed E-state index contributed by atoms with van der Waals surface area (Å²) in [4.78, 5) is 1.19. The van der Waals surface area contributed by atoms with Gasteiger partial charge >= 0.3 is 0 Å². The van der Waals surface area contributed by atoms with E-state index in [1.807, 2.05) is 42.5 Å². The van der Waals surface area contributed by atoms with E-state index >= 15 is 0 Å². The van der Waals surface area contributed by atoms with Crippen molar-refractivity contribution in [3.05, 3.63) is 64.6 Å². The summed E-state index contributed by atoms with van der Waals surface area (Å²) in [6, 6.07) is 17.8. The lowest BCUT2D eigenvalue weighted by molar-refractivity contribution is 0.0431. The van der Waals surface area contributed by atoms with E-state index in [9.17, 15) is 5.11 Å². The van der Waals surface area contributed by atoms with Crippen LogP contribution in [0.3, 0.4) is 0 Å². The van der Waals surface area contributed by atoms with Crippen LogP contribution in [0.15, 0.2) is 64.0 Å². The Bertz CT molecular complexity index is 549. The second-order valence-corrected chi connectivity index (χ2v) is 6.74. The summed E-state index contributed by atoms with van der Waals surface area (Å²) in [5.41, 5.74) is 5.72. The molecule has 2 aromatic rings. The van der Waals surface area contributed by atoms with Gasteiger partial charge in [0.1, 0.15) is 5.60 Å². The van der Waals surface area contributed by atoms with Gasteiger partial charge in [0, 0.05) is 21.7 Å². The first-order valence-electron chi connectivity index (χ1n) is 6.50. The third-order valence-corrected chi connectivity index (χ3v) is 4.72. The van der Waals surface area contributed by atoms with Gasteiger partial charge in [-0.1, -0.05) is 52.3 Å². The molecule has 0 radical (unpaired) electrons. The Morgan fingerprint density at radius 1 is 1.10 bits per heavy atom. The van der Waals surface area contributed by atoms with Crippen LogP contribution in [0.1, 0.15) is 12.0 Å². The van der Waals surface area contributed by atoms with E-state index in [1.165, 1.54) is 4.90 Å². The Balaban J connectivity index is 1.98. The molecule has 1 atom stereocenters. The quantitative estimate of drug-likeness (QED) is 0.778. The molecule has 0 bridgehead atoms. The van der Waals surface area contributed by atoms with Crippen molar-refractivity contribution in [2.75, 3.05) is 12.3 Å². The predicted octanol–water partition coefficient (Wildman–Crippen LogP) is 3.78. The summed E-state index contributed by atoms with van der Waals surface area (Å²) < 4.78 is 1.07. The van der Waals surface area contributed by atoms with Gasteiger partial charge in [-0.05, 0) is 30.2 Å². The first kappa shape index (κ1) is 15.6. The molecule has 0 heterocycles. The van der Waals surface area contributed by atoms with Crippen molar-refractivity contribution in [1.29, 1.82) is 0 Å². The molecule has 3 N–H and O–H groups in total. The number of thioether (sulfide) groups is 1. The minimum atomic E-state index is -0.944. The van der Waals surface area contributed by atoms with Gasteiger partial charge in [-0.2, -0.15) is 0 Å². The Labute approximate surface area is 132 Å². The van der Waals surface area contributed by atoms with Crippen LogP contribution in [0.25, 0.3) is 0 Å². The van der Waals surface area contributed by atoms with E-state index in [-0.39, 0.29) is 6.54 Å². The highest BCUT2D eigenvalue weighted by Crippen LogP contribution is 2.29.